The summed E-state index contributed by atoms with van der Waals surface area (Å²) in [6, 6.07) is 6.91. The molecular weight excluding hydrogens is 358 g/mol. The molecule has 150 valence electrons. The molecule has 1 aromatic carbocycles. The highest BCUT2D eigenvalue weighted by molar-refractivity contribution is 6.21. The van der Waals surface area contributed by atoms with E-state index in [0.29, 0.717) is 37.1 Å². The van der Waals surface area contributed by atoms with Crippen LogP contribution in [0.1, 0.15) is 60.2 Å². The van der Waals surface area contributed by atoms with Gasteiger partial charge in [-0.25, -0.2) is 0 Å². The SMILES string of the molecule is CC(C)C(=O)NC1CCN(C(=O)CCCN2C(=O)c3ccccc3C2=O)CC1. The van der Waals surface area contributed by atoms with E-state index in [0.717, 1.165) is 12.8 Å². The highest BCUT2D eigenvalue weighted by Gasteiger charge is 2.34. The Hall–Kier alpha value is -2.70. The Morgan fingerprint density at radius 1 is 1.07 bits per heavy atom. The molecule has 1 saturated heterocycles. The lowest BCUT2D eigenvalue weighted by Gasteiger charge is -2.33. The Bertz CT molecular complexity index is 747. The molecule has 0 unspecified atom stereocenters. The van der Waals surface area contributed by atoms with E-state index in [-0.39, 0.29) is 42.1 Å². The first-order valence-corrected chi connectivity index (χ1v) is 9.92. The number of hydrogen-bond donors (Lipinski definition) is 1. The third kappa shape index (κ3) is 4.24. The van der Waals surface area contributed by atoms with Crippen LogP contribution in [0.2, 0.25) is 0 Å². The van der Waals surface area contributed by atoms with Crippen molar-refractivity contribution in [3.63, 3.8) is 0 Å². The maximum atomic E-state index is 12.4. The topological polar surface area (TPSA) is 86.8 Å². The van der Waals surface area contributed by atoms with Crippen molar-refractivity contribution >= 4 is 23.6 Å². The average Bonchev–Trinajstić information content (AvgIpc) is 2.93. The summed E-state index contributed by atoms with van der Waals surface area (Å²) in [5, 5.41) is 3.02. The number of carbonyl (C=O) groups is 4. The largest absolute Gasteiger partial charge is 0.353 e. The third-order valence-electron chi connectivity index (χ3n) is 5.37. The minimum absolute atomic E-state index is 0.0326. The van der Waals surface area contributed by atoms with Gasteiger partial charge in [0, 0.05) is 38.0 Å². The first kappa shape index (κ1) is 20.0. The minimum Gasteiger partial charge on any atom is -0.353 e. The fraction of sp³-hybridized carbons (Fsp3) is 0.524. The third-order valence-corrected chi connectivity index (χ3v) is 5.37. The number of nitrogens with one attached hydrogen (secondary N) is 1. The number of nitrogens with zero attached hydrogens (tertiary/aromatic N) is 2. The lowest BCUT2D eigenvalue weighted by molar-refractivity contribution is -0.132. The number of imide groups is 1. The van der Waals surface area contributed by atoms with Crippen LogP contribution in [0, 0.1) is 5.92 Å². The molecule has 28 heavy (non-hydrogen) atoms. The number of likely N-dealkylation sites (tertiary alicyclic amines) is 1. The molecule has 2 aliphatic heterocycles. The van der Waals surface area contributed by atoms with Crippen molar-refractivity contribution in [3.05, 3.63) is 35.4 Å². The van der Waals surface area contributed by atoms with Gasteiger partial charge < -0.3 is 10.2 Å². The molecule has 0 aromatic heterocycles. The fourth-order valence-electron chi connectivity index (χ4n) is 3.63. The predicted molar refractivity (Wildman–Crippen MR) is 104 cm³/mol. The second-order valence-electron chi connectivity index (χ2n) is 7.73. The van der Waals surface area contributed by atoms with Crippen LogP contribution in [0.3, 0.4) is 0 Å². The summed E-state index contributed by atoms with van der Waals surface area (Å²) in [5.41, 5.74) is 0.869. The molecule has 1 N–H and O–H groups in total. The number of amides is 4. The molecule has 4 amide bonds. The lowest BCUT2D eigenvalue weighted by Crippen LogP contribution is -2.47. The highest BCUT2D eigenvalue weighted by Crippen LogP contribution is 2.23. The maximum absolute atomic E-state index is 12.4. The zero-order valence-corrected chi connectivity index (χ0v) is 16.4. The van der Waals surface area contributed by atoms with Gasteiger partial charge in [0.05, 0.1) is 11.1 Å². The molecule has 0 bridgehead atoms. The summed E-state index contributed by atoms with van der Waals surface area (Å²) in [7, 11) is 0. The van der Waals surface area contributed by atoms with Crippen molar-refractivity contribution in [1.82, 2.24) is 15.1 Å². The maximum Gasteiger partial charge on any atom is 0.261 e. The summed E-state index contributed by atoms with van der Waals surface area (Å²) >= 11 is 0. The van der Waals surface area contributed by atoms with Crippen LogP contribution in [0.4, 0.5) is 0 Å². The van der Waals surface area contributed by atoms with Gasteiger partial charge in [-0.05, 0) is 31.4 Å². The zero-order valence-electron chi connectivity index (χ0n) is 16.4. The van der Waals surface area contributed by atoms with Crippen LogP contribution >= 0.6 is 0 Å². The summed E-state index contributed by atoms with van der Waals surface area (Å²) in [6.45, 7) is 5.22. The Morgan fingerprint density at radius 2 is 1.64 bits per heavy atom. The second kappa shape index (κ2) is 8.54. The van der Waals surface area contributed by atoms with Crippen LogP contribution in [0.15, 0.2) is 24.3 Å². The van der Waals surface area contributed by atoms with E-state index in [1.165, 1.54) is 4.90 Å². The van der Waals surface area contributed by atoms with E-state index in [4.69, 9.17) is 0 Å². The molecule has 2 heterocycles. The predicted octanol–water partition coefficient (Wildman–Crippen LogP) is 1.83. The summed E-state index contributed by atoms with van der Waals surface area (Å²) in [6.07, 6.45) is 2.26. The van der Waals surface area contributed by atoms with Crippen molar-refractivity contribution in [1.29, 1.82) is 0 Å². The normalized spacial score (nSPS) is 17.2. The molecule has 7 heteroatoms. The lowest BCUT2D eigenvalue weighted by atomic mass is 10.0. The van der Waals surface area contributed by atoms with Gasteiger partial charge in [0.1, 0.15) is 0 Å². The van der Waals surface area contributed by atoms with Gasteiger partial charge in [0.15, 0.2) is 0 Å². The van der Waals surface area contributed by atoms with Gasteiger partial charge in [-0.15, -0.1) is 0 Å². The van der Waals surface area contributed by atoms with Crippen molar-refractivity contribution in [2.45, 2.75) is 45.6 Å². The smallest absolute Gasteiger partial charge is 0.261 e. The number of carbonyl (C=O) groups excluding carboxylic acids is 4. The van der Waals surface area contributed by atoms with E-state index >= 15 is 0 Å². The van der Waals surface area contributed by atoms with Crippen LogP contribution in [0.5, 0.6) is 0 Å². The minimum atomic E-state index is -0.283. The van der Waals surface area contributed by atoms with E-state index in [2.05, 4.69) is 5.32 Å². The van der Waals surface area contributed by atoms with Gasteiger partial charge in [-0.2, -0.15) is 0 Å². The first-order valence-electron chi connectivity index (χ1n) is 9.92. The molecule has 1 fully saturated rings. The quantitative estimate of drug-likeness (QED) is 0.757. The Kier molecular flexibility index (Phi) is 6.11. The Balaban J connectivity index is 1.42. The van der Waals surface area contributed by atoms with E-state index in [1.807, 2.05) is 13.8 Å². The van der Waals surface area contributed by atoms with Crippen molar-refractivity contribution in [3.8, 4) is 0 Å². The monoisotopic (exact) mass is 385 g/mol. The zero-order chi connectivity index (χ0) is 20.3. The molecular formula is C21H27N3O4. The highest BCUT2D eigenvalue weighted by atomic mass is 16.2. The van der Waals surface area contributed by atoms with E-state index < -0.39 is 0 Å². The number of fused-ring (bicyclic) bond motifs is 1. The van der Waals surface area contributed by atoms with Crippen molar-refractivity contribution < 1.29 is 19.2 Å². The molecule has 1 aromatic rings. The first-order chi connectivity index (χ1) is 13.4. The van der Waals surface area contributed by atoms with Crippen molar-refractivity contribution in [2.24, 2.45) is 5.92 Å². The number of piperidine rings is 1. The van der Waals surface area contributed by atoms with E-state index in [9.17, 15) is 19.2 Å². The number of rotatable bonds is 6. The van der Waals surface area contributed by atoms with Gasteiger partial charge in [0.25, 0.3) is 11.8 Å². The molecule has 0 radical (unpaired) electrons. The van der Waals surface area contributed by atoms with Gasteiger partial charge in [-0.3, -0.25) is 24.1 Å². The standard InChI is InChI=1S/C21H27N3O4/c1-14(2)19(26)22-15-9-12-23(13-10-15)18(25)8-5-11-24-20(27)16-6-3-4-7-17(16)21(24)28/h3-4,6-7,14-15H,5,8-13H2,1-2H3,(H,22,26). The van der Waals surface area contributed by atoms with Crippen LogP contribution in [-0.2, 0) is 9.59 Å². The van der Waals surface area contributed by atoms with E-state index in [1.54, 1.807) is 29.2 Å². The van der Waals surface area contributed by atoms with Gasteiger partial charge >= 0.3 is 0 Å². The molecule has 7 nitrogen and oxygen atoms in total. The summed E-state index contributed by atoms with van der Waals surface area (Å²) < 4.78 is 0. The molecule has 0 atom stereocenters. The van der Waals surface area contributed by atoms with Crippen molar-refractivity contribution in [2.75, 3.05) is 19.6 Å². The summed E-state index contributed by atoms with van der Waals surface area (Å²) in [5.74, 6) is -0.526. The Labute approximate surface area is 165 Å². The van der Waals surface area contributed by atoms with Gasteiger partial charge in [-0.1, -0.05) is 26.0 Å². The summed E-state index contributed by atoms with van der Waals surface area (Å²) in [4.78, 5) is 51.9. The van der Waals surface area contributed by atoms with Gasteiger partial charge in [0.2, 0.25) is 11.8 Å². The molecule has 0 aliphatic carbocycles. The molecule has 2 aliphatic rings. The number of hydrogen-bond acceptors (Lipinski definition) is 4. The van der Waals surface area contributed by atoms with Crippen LogP contribution < -0.4 is 5.32 Å². The molecule has 3 rings (SSSR count). The number of benzene rings is 1. The van der Waals surface area contributed by atoms with Crippen LogP contribution in [0.25, 0.3) is 0 Å². The fourth-order valence-corrected chi connectivity index (χ4v) is 3.63. The molecule has 0 saturated carbocycles. The Morgan fingerprint density at radius 3 is 2.18 bits per heavy atom. The molecule has 0 spiro atoms. The van der Waals surface area contributed by atoms with Crippen LogP contribution in [-0.4, -0.2) is 59.1 Å². The second-order valence-corrected chi connectivity index (χ2v) is 7.73. The average molecular weight is 385 g/mol.